The zero-order chi connectivity index (χ0) is 20.5. The quantitative estimate of drug-likeness (QED) is 0.826. The van der Waals surface area contributed by atoms with Gasteiger partial charge >= 0.3 is 0 Å². The van der Waals surface area contributed by atoms with Crippen molar-refractivity contribution in [3.05, 3.63) is 88.0 Å². The van der Waals surface area contributed by atoms with Gasteiger partial charge in [0.25, 0.3) is 0 Å². The largest absolute Gasteiger partial charge is 0.497 e. The fourth-order valence-electron chi connectivity index (χ4n) is 4.29. The van der Waals surface area contributed by atoms with E-state index in [1.807, 2.05) is 31.2 Å². The highest BCUT2D eigenvalue weighted by molar-refractivity contribution is 6.00. The van der Waals surface area contributed by atoms with Crippen molar-refractivity contribution in [2.45, 2.75) is 31.6 Å². The summed E-state index contributed by atoms with van der Waals surface area (Å²) in [6, 6.07) is 16.1. The molecule has 0 amide bonds. The van der Waals surface area contributed by atoms with E-state index in [4.69, 9.17) is 4.74 Å². The first-order valence-electron chi connectivity index (χ1n) is 9.55. The van der Waals surface area contributed by atoms with E-state index < -0.39 is 5.92 Å². The van der Waals surface area contributed by atoms with Crippen molar-refractivity contribution in [1.82, 2.24) is 5.32 Å². The molecule has 1 N–H and O–H groups in total. The molecule has 4 rings (SSSR count). The molecule has 0 saturated heterocycles. The smallest absolute Gasteiger partial charge is 0.162 e. The normalized spacial score (nSPS) is 21.4. The van der Waals surface area contributed by atoms with Crippen LogP contribution in [0.15, 0.2) is 71.1 Å². The molecule has 0 aromatic heterocycles. The average Bonchev–Trinajstić information content (AvgIpc) is 2.73. The highest BCUT2D eigenvalue weighted by Crippen LogP contribution is 2.45. The molecule has 0 radical (unpaired) electrons. The van der Waals surface area contributed by atoms with Gasteiger partial charge in [-0.3, -0.25) is 4.79 Å². The Balaban J connectivity index is 1.74. The number of hydrogen-bond acceptors (Lipinski definition) is 4. The Morgan fingerprint density at radius 1 is 1.07 bits per heavy atom. The predicted molar refractivity (Wildman–Crippen MR) is 108 cm³/mol. The summed E-state index contributed by atoms with van der Waals surface area (Å²) >= 11 is 0. The molecule has 2 aromatic rings. The Morgan fingerprint density at radius 2 is 1.72 bits per heavy atom. The number of benzene rings is 2. The van der Waals surface area contributed by atoms with Crippen LogP contribution in [0.4, 0.5) is 4.39 Å². The van der Waals surface area contributed by atoms with E-state index in [2.05, 4.69) is 11.4 Å². The van der Waals surface area contributed by atoms with Gasteiger partial charge in [0.1, 0.15) is 11.6 Å². The zero-order valence-electron chi connectivity index (χ0n) is 16.3. The molecule has 2 aliphatic rings. The Morgan fingerprint density at radius 3 is 2.34 bits per heavy atom. The molecule has 2 atom stereocenters. The molecule has 0 bridgehead atoms. The molecule has 1 heterocycles. The maximum Gasteiger partial charge on any atom is 0.162 e. The number of nitrogens with zero attached hydrogens (tertiary/aromatic N) is 1. The number of carbonyl (C=O) groups excluding carboxylic acids is 1. The van der Waals surface area contributed by atoms with Gasteiger partial charge in [-0.1, -0.05) is 24.3 Å². The van der Waals surface area contributed by atoms with E-state index in [1.54, 1.807) is 19.2 Å². The van der Waals surface area contributed by atoms with Crippen LogP contribution in [-0.4, -0.2) is 12.9 Å². The van der Waals surface area contributed by atoms with Crippen molar-refractivity contribution in [3.63, 3.8) is 0 Å². The van der Waals surface area contributed by atoms with Crippen LogP contribution >= 0.6 is 0 Å². The molecule has 0 spiro atoms. The Labute approximate surface area is 169 Å². The minimum absolute atomic E-state index is 0.0224. The van der Waals surface area contributed by atoms with Crippen molar-refractivity contribution in [2.24, 2.45) is 0 Å². The molecule has 1 aliphatic heterocycles. The number of rotatable bonds is 3. The summed E-state index contributed by atoms with van der Waals surface area (Å²) in [6.07, 6.45) is 1.06. The molecule has 5 heteroatoms. The molecule has 29 heavy (non-hydrogen) atoms. The number of ether oxygens (including phenoxy) is 1. The number of methoxy groups -OCH3 is 1. The molecule has 2 aromatic carbocycles. The maximum absolute atomic E-state index is 13.4. The Hall–Kier alpha value is -3.39. The van der Waals surface area contributed by atoms with Gasteiger partial charge in [-0.25, -0.2) is 4.39 Å². The first-order chi connectivity index (χ1) is 14.0. The third-order valence-corrected chi connectivity index (χ3v) is 5.74. The van der Waals surface area contributed by atoms with Gasteiger partial charge in [-0.05, 0) is 54.7 Å². The number of ketones is 1. The van der Waals surface area contributed by atoms with Gasteiger partial charge in [0.2, 0.25) is 0 Å². The Bertz CT molecular complexity index is 1060. The second-order valence-corrected chi connectivity index (χ2v) is 7.45. The van der Waals surface area contributed by atoms with Gasteiger partial charge < -0.3 is 10.1 Å². The summed E-state index contributed by atoms with van der Waals surface area (Å²) < 4.78 is 18.7. The first kappa shape index (κ1) is 18.9. The number of nitrogens with one attached hydrogen (secondary N) is 1. The lowest BCUT2D eigenvalue weighted by molar-refractivity contribution is -0.116. The van der Waals surface area contributed by atoms with E-state index in [9.17, 15) is 14.4 Å². The number of hydrogen-bond donors (Lipinski definition) is 1. The van der Waals surface area contributed by atoms with Crippen molar-refractivity contribution >= 4 is 5.78 Å². The number of dihydropyridines is 1. The summed E-state index contributed by atoms with van der Waals surface area (Å²) in [7, 11) is 1.62. The van der Waals surface area contributed by atoms with Gasteiger partial charge in [0.05, 0.1) is 24.7 Å². The van der Waals surface area contributed by atoms with Crippen LogP contribution in [-0.2, 0) is 4.79 Å². The number of allylic oxidation sites excluding steroid dienone is 4. The van der Waals surface area contributed by atoms with Gasteiger partial charge in [0.15, 0.2) is 5.78 Å². The van der Waals surface area contributed by atoms with Crippen LogP contribution in [0.5, 0.6) is 5.75 Å². The minimum Gasteiger partial charge on any atom is -0.497 e. The fraction of sp³-hybridized carbons (Fsp3) is 0.250. The third-order valence-electron chi connectivity index (χ3n) is 5.74. The molecule has 4 nitrogen and oxygen atoms in total. The minimum atomic E-state index is -0.457. The van der Waals surface area contributed by atoms with Gasteiger partial charge in [-0.2, -0.15) is 5.26 Å². The van der Waals surface area contributed by atoms with Crippen LogP contribution in [0.2, 0.25) is 0 Å². The van der Waals surface area contributed by atoms with Crippen LogP contribution in [0.3, 0.4) is 0 Å². The highest BCUT2D eigenvalue weighted by Gasteiger charge is 2.38. The summed E-state index contributed by atoms with van der Waals surface area (Å²) in [5.41, 5.74) is 4.57. The Kier molecular flexibility index (Phi) is 4.94. The number of Topliss-reactive ketones (excluding diaryl/α,β-unsaturated/α-hetero) is 1. The fourth-order valence-corrected chi connectivity index (χ4v) is 4.29. The van der Waals surface area contributed by atoms with E-state index in [1.165, 1.54) is 12.1 Å². The maximum atomic E-state index is 13.4. The second kappa shape index (κ2) is 7.56. The standard InChI is InChI=1S/C24H21FN2O2/c1-14-20(13-26)23(16-3-7-18(25)8-4-16)24-21(27-14)11-17(12-22(24)28)15-5-9-19(29-2)10-6-15/h3-10,17,23,27H,11-12H2,1-2H3/t17-,23+/m1/s1. The lowest BCUT2D eigenvalue weighted by Gasteiger charge is -2.35. The number of carbonyl (C=O) groups is 1. The van der Waals surface area contributed by atoms with E-state index in [0.29, 0.717) is 24.0 Å². The predicted octanol–water partition coefficient (Wildman–Crippen LogP) is 4.72. The molecule has 0 fully saturated rings. The van der Waals surface area contributed by atoms with Gasteiger partial charge in [0, 0.05) is 23.4 Å². The van der Waals surface area contributed by atoms with Crippen molar-refractivity contribution in [1.29, 1.82) is 5.26 Å². The lowest BCUT2D eigenvalue weighted by atomic mass is 9.72. The summed E-state index contributed by atoms with van der Waals surface area (Å²) in [5.74, 6) is 0.0614. The van der Waals surface area contributed by atoms with Crippen LogP contribution in [0.25, 0.3) is 0 Å². The summed E-state index contributed by atoms with van der Waals surface area (Å²) in [6.45, 7) is 1.85. The molecule has 0 saturated carbocycles. The highest BCUT2D eigenvalue weighted by atomic mass is 19.1. The van der Waals surface area contributed by atoms with Crippen molar-refractivity contribution < 1.29 is 13.9 Å². The van der Waals surface area contributed by atoms with Crippen LogP contribution in [0, 0.1) is 17.1 Å². The van der Waals surface area contributed by atoms with E-state index in [0.717, 1.165) is 28.3 Å². The first-order valence-corrected chi connectivity index (χ1v) is 9.55. The van der Waals surface area contributed by atoms with Crippen molar-refractivity contribution in [3.8, 4) is 11.8 Å². The van der Waals surface area contributed by atoms with Crippen LogP contribution in [0.1, 0.15) is 42.7 Å². The van der Waals surface area contributed by atoms with Gasteiger partial charge in [-0.15, -0.1) is 0 Å². The van der Waals surface area contributed by atoms with E-state index >= 15 is 0 Å². The average molecular weight is 388 g/mol. The number of halogens is 1. The molecule has 146 valence electrons. The van der Waals surface area contributed by atoms with E-state index in [-0.39, 0.29) is 17.5 Å². The molecule has 1 aliphatic carbocycles. The summed E-state index contributed by atoms with van der Waals surface area (Å²) in [5, 5.41) is 13.0. The molecule has 0 unspecified atom stereocenters. The monoisotopic (exact) mass is 388 g/mol. The number of nitriles is 1. The van der Waals surface area contributed by atoms with Crippen molar-refractivity contribution in [2.75, 3.05) is 7.11 Å². The molecular formula is C24H21FN2O2. The SMILES string of the molecule is COc1ccc([C@H]2CC(=O)C3=C(C2)NC(C)=C(C#N)[C@@H]3c2ccc(F)cc2)cc1. The zero-order valence-corrected chi connectivity index (χ0v) is 16.3. The topological polar surface area (TPSA) is 62.1 Å². The summed E-state index contributed by atoms with van der Waals surface area (Å²) in [4.78, 5) is 13.2. The lowest BCUT2D eigenvalue weighted by Crippen LogP contribution is -2.33. The van der Waals surface area contributed by atoms with Crippen LogP contribution < -0.4 is 10.1 Å². The third kappa shape index (κ3) is 3.42. The second-order valence-electron chi connectivity index (χ2n) is 7.45. The molecular weight excluding hydrogens is 367 g/mol.